The topological polar surface area (TPSA) is 32.5 Å². The van der Waals surface area contributed by atoms with Crippen LogP contribution in [0, 0.1) is 5.92 Å². The molecule has 3 nitrogen and oxygen atoms in total. The van der Waals surface area contributed by atoms with Gasteiger partial charge in [-0.3, -0.25) is 4.90 Å². The zero-order chi connectivity index (χ0) is 14.8. The molecule has 1 aromatic carbocycles. The molecular formula is C18H29N3. The third kappa shape index (κ3) is 3.24. The Balaban J connectivity index is 1.80. The summed E-state index contributed by atoms with van der Waals surface area (Å²) in [6.07, 6.45) is 5.20. The van der Waals surface area contributed by atoms with Gasteiger partial charge in [0.2, 0.25) is 0 Å². The van der Waals surface area contributed by atoms with Crippen LogP contribution in [0.3, 0.4) is 0 Å². The second-order valence-electron chi connectivity index (χ2n) is 6.75. The van der Waals surface area contributed by atoms with Gasteiger partial charge in [0.05, 0.1) is 0 Å². The second-order valence-corrected chi connectivity index (χ2v) is 6.75. The van der Waals surface area contributed by atoms with Crippen molar-refractivity contribution in [3.05, 3.63) is 29.3 Å². The number of benzene rings is 1. The third-order valence-electron chi connectivity index (χ3n) is 4.98. The Morgan fingerprint density at radius 1 is 1.38 bits per heavy atom. The van der Waals surface area contributed by atoms with Crippen molar-refractivity contribution in [2.24, 2.45) is 11.7 Å². The fourth-order valence-electron chi connectivity index (χ4n) is 3.58. The molecule has 21 heavy (non-hydrogen) atoms. The van der Waals surface area contributed by atoms with Crippen LogP contribution in [0.15, 0.2) is 18.2 Å². The van der Waals surface area contributed by atoms with E-state index in [0.29, 0.717) is 6.04 Å². The summed E-state index contributed by atoms with van der Waals surface area (Å²) in [5, 5.41) is 0. The molecule has 0 amide bonds. The Kier molecular flexibility index (Phi) is 4.51. The number of anilines is 1. The van der Waals surface area contributed by atoms with Gasteiger partial charge in [-0.05, 0) is 55.3 Å². The molecule has 1 aliphatic carbocycles. The number of nitrogens with zero attached hydrogens (tertiary/aromatic N) is 2. The van der Waals surface area contributed by atoms with Gasteiger partial charge < -0.3 is 10.6 Å². The number of likely N-dealkylation sites (N-methyl/N-ethyl adjacent to an activating group) is 1. The smallest absolute Gasteiger partial charge is 0.0470 e. The average molecular weight is 287 g/mol. The van der Waals surface area contributed by atoms with Crippen LogP contribution in [-0.2, 0) is 6.42 Å². The monoisotopic (exact) mass is 287 g/mol. The first-order valence-electron chi connectivity index (χ1n) is 8.51. The van der Waals surface area contributed by atoms with E-state index >= 15 is 0 Å². The lowest BCUT2D eigenvalue weighted by atomic mass is 10.0. The molecule has 1 fully saturated rings. The highest BCUT2D eigenvalue weighted by Crippen LogP contribution is 2.34. The van der Waals surface area contributed by atoms with Crippen molar-refractivity contribution in [1.29, 1.82) is 0 Å². The van der Waals surface area contributed by atoms with Gasteiger partial charge in [0.25, 0.3) is 0 Å². The number of hydrogen-bond donors (Lipinski definition) is 1. The summed E-state index contributed by atoms with van der Waals surface area (Å²) in [6, 6.07) is 7.39. The van der Waals surface area contributed by atoms with Crippen molar-refractivity contribution in [3.8, 4) is 0 Å². The number of fused-ring (bicyclic) bond motifs is 1. The Labute approximate surface area is 129 Å². The van der Waals surface area contributed by atoms with E-state index in [4.69, 9.17) is 5.73 Å². The minimum atomic E-state index is 0.391. The van der Waals surface area contributed by atoms with Crippen molar-refractivity contribution in [2.45, 2.75) is 38.6 Å². The van der Waals surface area contributed by atoms with E-state index in [1.165, 1.54) is 49.0 Å². The van der Waals surface area contributed by atoms with Crippen molar-refractivity contribution in [1.82, 2.24) is 4.90 Å². The molecule has 0 aromatic heterocycles. The van der Waals surface area contributed by atoms with Crippen molar-refractivity contribution >= 4 is 5.69 Å². The molecule has 0 radical (unpaired) electrons. The fraction of sp³-hybridized carbons (Fsp3) is 0.667. The molecule has 2 N–H and O–H groups in total. The maximum atomic E-state index is 6.15. The minimum Gasteiger partial charge on any atom is -0.374 e. The maximum Gasteiger partial charge on any atom is 0.0470 e. The molecule has 0 spiro atoms. The van der Waals surface area contributed by atoms with Gasteiger partial charge in [0.1, 0.15) is 0 Å². The van der Waals surface area contributed by atoms with Crippen LogP contribution >= 0.6 is 0 Å². The largest absolute Gasteiger partial charge is 0.374 e. The molecule has 1 atom stereocenters. The van der Waals surface area contributed by atoms with E-state index < -0.39 is 0 Å². The second kappa shape index (κ2) is 6.37. The van der Waals surface area contributed by atoms with Gasteiger partial charge in [-0.2, -0.15) is 0 Å². The molecule has 2 aliphatic rings. The quantitative estimate of drug-likeness (QED) is 0.837. The van der Waals surface area contributed by atoms with E-state index in [2.05, 4.69) is 42.0 Å². The maximum absolute atomic E-state index is 6.15. The minimum absolute atomic E-state index is 0.391. The predicted molar refractivity (Wildman–Crippen MR) is 89.8 cm³/mol. The van der Waals surface area contributed by atoms with E-state index in [1.807, 2.05) is 0 Å². The standard InChI is InChI=1S/C18H29N3/c1-3-9-21(13-14-4-5-14)18(12-19)15-6-7-17-16(11-15)8-10-20(17)2/h6-7,11,14,18H,3-5,8-10,12-13,19H2,1-2H3. The first-order valence-corrected chi connectivity index (χ1v) is 8.51. The van der Waals surface area contributed by atoms with Gasteiger partial charge in [0.15, 0.2) is 0 Å². The molecule has 3 heteroatoms. The zero-order valence-electron chi connectivity index (χ0n) is 13.5. The number of nitrogens with two attached hydrogens (primary N) is 1. The zero-order valence-corrected chi connectivity index (χ0v) is 13.5. The molecule has 3 rings (SSSR count). The lowest BCUT2D eigenvalue weighted by molar-refractivity contribution is 0.193. The average Bonchev–Trinajstić information content (AvgIpc) is 3.23. The van der Waals surface area contributed by atoms with Crippen LogP contribution in [0.1, 0.15) is 43.4 Å². The Morgan fingerprint density at radius 3 is 2.86 bits per heavy atom. The Morgan fingerprint density at radius 2 is 2.19 bits per heavy atom. The molecule has 0 bridgehead atoms. The molecule has 0 saturated heterocycles. The number of rotatable bonds is 7. The molecule has 116 valence electrons. The van der Waals surface area contributed by atoms with Gasteiger partial charge in [-0.15, -0.1) is 0 Å². The summed E-state index contributed by atoms with van der Waals surface area (Å²) < 4.78 is 0. The third-order valence-corrected chi connectivity index (χ3v) is 4.98. The van der Waals surface area contributed by atoms with E-state index in [0.717, 1.165) is 25.6 Å². The summed E-state index contributed by atoms with van der Waals surface area (Å²) in [6.45, 7) is 6.53. The summed E-state index contributed by atoms with van der Waals surface area (Å²) in [5.74, 6) is 0.922. The van der Waals surface area contributed by atoms with Crippen molar-refractivity contribution in [2.75, 3.05) is 38.1 Å². The normalized spacial score (nSPS) is 19.1. The molecule has 1 aliphatic heterocycles. The molecule has 1 saturated carbocycles. The van der Waals surface area contributed by atoms with Crippen LogP contribution < -0.4 is 10.6 Å². The molecule has 1 unspecified atom stereocenters. The van der Waals surface area contributed by atoms with E-state index in [-0.39, 0.29) is 0 Å². The first kappa shape index (κ1) is 14.9. The highest BCUT2D eigenvalue weighted by atomic mass is 15.2. The van der Waals surface area contributed by atoms with E-state index in [9.17, 15) is 0 Å². The van der Waals surface area contributed by atoms with Crippen LogP contribution in [0.5, 0.6) is 0 Å². The first-order chi connectivity index (χ1) is 10.2. The lowest BCUT2D eigenvalue weighted by Gasteiger charge is -2.31. The van der Waals surface area contributed by atoms with Crippen LogP contribution in [-0.4, -0.2) is 38.1 Å². The van der Waals surface area contributed by atoms with Gasteiger partial charge in [-0.1, -0.05) is 19.1 Å². The lowest BCUT2D eigenvalue weighted by Crippen LogP contribution is -2.36. The molecule has 1 aromatic rings. The summed E-state index contributed by atoms with van der Waals surface area (Å²) in [5.41, 5.74) is 10.5. The van der Waals surface area contributed by atoms with Gasteiger partial charge in [0, 0.05) is 38.4 Å². The van der Waals surface area contributed by atoms with Crippen LogP contribution in [0.25, 0.3) is 0 Å². The van der Waals surface area contributed by atoms with E-state index in [1.54, 1.807) is 0 Å². The Bertz CT molecular complexity index is 481. The number of hydrogen-bond acceptors (Lipinski definition) is 3. The van der Waals surface area contributed by atoms with Crippen molar-refractivity contribution < 1.29 is 0 Å². The SMILES string of the molecule is CCCN(CC1CC1)C(CN)c1ccc2c(c1)CCN2C. The summed E-state index contributed by atoms with van der Waals surface area (Å²) in [7, 11) is 2.18. The summed E-state index contributed by atoms with van der Waals surface area (Å²) >= 11 is 0. The van der Waals surface area contributed by atoms with Gasteiger partial charge >= 0.3 is 0 Å². The van der Waals surface area contributed by atoms with Crippen LogP contribution in [0.2, 0.25) is 0 Å². The predicted octanol–water partition coefficient (Wildman–Crippen LogP) is 2.80. The molecule has 1 heterocycles. The highest BCUT2D eigenvalue weighted by molar-refractivity contribution is 5.58. The summed E-state index contributed by atoms with van der Waals surface area (Å²) in [4.78, 5) is 4.97. The van der Waals surface area contributed by atoms with Crippen LogP contribution in [0.4, 0.5) is 5.69 Å². The van der Waals surface area contributed by atoms with Crippen molar-refractivity contribution in [3.63, 3.8) is 0 Å². The highest BCUT2D eigenvalue weighted by Gasteiger charge is 2.28. The Hall–Kier alpha value is -1.06. The van der Waals surface area contributed by atoms with Gasteiger partial charge in [-0.25, -0.2) is 0 Å². The fourth-order valence-corrected chi connectivity index (χ4v) is 3.58. The molecular weight excluding hydrogens is 258 g/mol.